The van der Waals surface area contributed by atoms with Gasteiger partial charge in [0.25, 0.3) is 5.91 Å². The van der Waals surface area contributed by atoms with Crippen molar-refractivity contribution in [1.82, 2.24) is 14.9 Å². The first-order chi connectivity index (χ1) is 12.7. The molecule has 2 aromatic heterocycles. The highest BCUT2D eigenvalue weighted by Gasteiger charge is 2.24. The van der Waals surface area contributed by atoms with Crippen LogP contribution in [0.5, 0.6) is 0 Å². The largest absolute Gasteiger partial charge is 0.353 e. The van der Waals surface area contributed by atoms with Gasteiger partial charge in [0.15, 0.2) is 0 Å². The highest BCUT2D eigenvalue weighted by atomic mass is 32.1. The van der Waals surface area contributed by atoms with E-state index in [1.807, 2.05) is 35.5 Å². The second kappa shape index (κ2) is 7.61. The van der Waals surface area contributed by atoms with Crippen LogP contribution in [0.15, 0.2) is 23.7 Å². The molecule has 0 unspecified atom stereocenters. The SMILES string of the molecule is Cc1csc(C(=O)N2CCN(c3ccnc(N4CCCCC4)n3)CC2)c1. The van der Waals surface area contributed by atoms with Crippen LogP contribution in [-0.4, -0.2) is 60.0 Å². The summed E-state index contributed by atoms with van der Waals surface area (Å²) in [6.07, 6.45) is 5.60. The molecule has 2 fully saturated rings. The van der Waals surface area contributed by atoms with Gasteiger partial charge in [-0.25, -0.2) is 4.98 Å². The summed E-state index contributed by atoms with van der Waals surface area (Å²) in [5.74, 6) is 1.97. The summed E-state index contributed by atoms with van der Waals surface area (Å²) in [5.41, 5.74) is 1.16. The Morgan fingerprint density at radius 3 is 2.50 bits per heavy atom. The number of amides is 1. The van der Waals surface area contributed by atoms with E-state index in [0.29, 0.717) is 0 Å². The van der Waals surface area contributed by atoms with Crippen molar-refractivity contribution in [3.8, 4) is 0 Å². The lowest BCUT2D eigenvalue weighted by Crippen LogP contribution is -2.49. The van der Waals surface area contributed by atoms with Crippen molar-refractivity contribution in [2.75, 3.05) is 49.1 Å². The minimum absolute atomic E-state index is 0.152. The lowest BCUT2D eigenvalue weighted by Gasteiger charge is -2.35. The number of hydrogen-bond acceptors (Lipinski definition) is 6. The molecule has 138 valence electrons. The van der Waals surface area contributed by atoms with Crippen LogP contribution >= 0.6 is 11.3 Å². The fraction of sp³-hybridized carbons (Fsp3) is 0.526. The van der Waals surface area contributed by atoms with E-state index in [-0.39, 0.29) is 5.91 Å². The number of anilines is 2. The average molecular weight is 372 g/mol. The van der Waals surface area contributed by atoms with Gasteiger partial charge in [0.1, 0.15) is 5.82 Å². The Morgan fingerprint density at radius 2 is 1.81 bits per heavy atom. The van der Waals surface area contributed by atoms with Gasteiger partial charge < -0.3 is 14.7 Å². The fourth-order valence-electron chi connectivity index (χ4n) is 3.60. The van der Waals surface area contributed by atoms with Crippen molar-refractivity contribution >= 4 is 29.0 Å². The molecule has 4 rings (SSSR count). The molecule has 7 heteroatoms. The number of aryl methyl sites for hydroxylation is 1. The average Bonchev–Trinajstić information content (AvgIpc) is 3.15. The van der Waals surface area contributed by atoms with E-state index < -0.39 is 0 Å². The second-order valence-electron chi connectivity index (χ2n) is 7.03. The Morgan fingerprint density at radius 1 is 1.04 bits per heavy atom. The number of piperidine rings is 1. The van der Waals surface area contributed by atoms with Crippen molar-refractivity contribution in [2.45, 2.75) is 26.2 Å². The summed E-state index contributed by atoms with van der Waals surface area (Å²) in [4.78, 5) is 29.2. The van der Waals surface area contributed by atoms with Crippen LogP contribution in [0.3, 0.4) is 0 Å². The third-order valence-corrected chi connectivity index (χ3v) is 6.14. The van der Waals surface area contributed by atoms with E-state index in [2.05, 4.69) is 14.8 Å². The highest BCUT2D eigenvalue weighted by Crippen LogP contribution is 2.21. The molecule has 26 heavy (non-hydrogen) atoms. The molecule has 0 aliphatic carbocycles. The Balaban J connectivity index is 1.39. The maximum atomic E-state index is 12.6. The number of carbonyl (C=O) groups is 1. The van der Waals surface area contributed by atoms with Gasteiger partial charge in [-0.15, -0.1) is 11.3 Å². The van der Waals surface area contributed by atoms with Crippen LogP contribution < -0.4 is 9.80 Å². The van der Waals surface area contributed by atoms with Crippen molar-refractivity contribution in [3.63, 3.8) is 0 Å². The van der Waals surface area contributed by atoms with Gasteiger partial charge in [-0.05, 0) is 49.3 Å². The zero-order valence-corrected chi connectivity index (χ0v) is 16.0. The maximum Gasteiger partial charge on any atom is 0.264 e. The molecule has 0 N–H and O–H groups in total. The first-order valence-electron chi connectivity index (χ1n) is 9.38. The smallest absolute Gasteiger partial charge is 0.264 e. The number of thiophene rings is 1. The summed E-state index contributed by atoms with van der Waals surface area (Å²) in [6, 6.07) is 3.96. The number of hydrogen-bond donors (Lipinski definition) is 0. The second-order valence-corrected chi connectivity index (χ2v) is 7.94. The van der Waals surface area contributed by atoms with Crippen LogP contribution in [0.2, 0.25) is 0 Å². The number of piperazine rings is 1. The van der Waals surface area contributed by atoms with E-state index >= 15 is 0 Å². The van der Waals surface area contributed by atoms with Crippen LogP contribution in [-0.2, 0) is 0 Å². The Labute approximate surface area is 158 Å². The third kappa shape index (κ3) is 3.67. The fourth-order valence-corrected chi connectivity index (χ4v) is 4.46. The quantitative estimate of drug-likeness (QED) is 0.830. The molecule has 0 aromatic carbocycles. The number of nitrogens with zero attached hydrogens (tertiary/aromatic N) is 5. The monoisotopic (exact) mass is 371 g/mol. The number of aromatic nitrogens is 2. The van der Waals surface area contributed by atoms with Gasteiger partial charge in [-0.2, -0.15) is 4.98 Å². The first-order valence-corrected chi connectivity index (χ1v) is 10.3. The lowest BCUT2D eigenvalue weighted by molar-refractivity contribution is 0.0751. The predicted molar refractivity (Wildman–Crippen MR) is 105 cm³/mol. The summed E-state index contributed by atoms with van der Waals surface area (Å²) in [6.45, 7) is 7.22. The molecule has 2 aliphatic heterocycles. The van der Waals surface area contributed by atoms with Crippen LogP contribution in [0.4, 0.5) is 11.8 Å². The van der Waals surface area contributed by atoms with Crippen molar-refractivity contribution in [3.05, 3.63) is 34.2 Å². The Bertz CT molecular complexity index is 763. The Hall–Kier alpha value is -2.15. The van der Waals surface area contributed by atoms with Crippen molar-refractivity contribution in [1.29, 1.82) is 0 Å². The van der Waals surface area contributed by atoms with E-state index in [9.17, 15) is 4.79 Å². The van der Waals surface area contributed by atoms with Crippen LogP contribution in [0.1, 0.15) is 34.5 Å². The maximum absolute atomic E-state index is 12.6. The van der Waals surface area contributed by atoms with Gasteiger partial charge in [-0.3, -0.25) is 4.79 Å². The molecular formula is C19H25N5OS. The van der Waals surface area contributed by atoms with Crippen LogP contribution in [0, 0.1) is 6.92 Å². The summed E-state index contributed by atoms with van der Waals surface area (Å²) < 4.78 is 0. The van der Waals surface area contributed by atoms with E-state index in [1.165, 1.54) is 30.6 Å². The van der Waals surface area contributed by atoms with E-state index in [0.717, 1.165) is 61.5 Å². The summed E-state index contributed by atoms with van der Waals surface area (Å²) in [7, 11) is 0. The standard InChI is InChI=1S/C19H25N5OS/c1-15-13-16(26-14-15)18(25)23-11-9-22(10-12-23)17-5-6-20-19(21-17)24-7-3-2-4-8-24/h5-6,13-14H,2-4,7-12H2,1H3. The van der Waals surface area contributed by atoms with Crippen LogP contribution in [0.25, 0.3) is 0 Å². The number of carbonyl (C=O) groups excluding carboxylic acids is 1. The minimum atomic E-state index is 0.152. The molecule has 1 amide bonds. The topological polar surface area (TPSA) is 52.6 Å². The zero-order chi connectivity index (χ0) is 17.9. The number of rotatable bonds is 3. The molecule has 0 spiro atoms. The molecular weight excluding hydrogens is 346 g/mol. The van der Waals surface area contributed by atoms with Gasteiger partial charge in [0.05, 0.1) is 4.88 Å². The third-order valence-electron chi connectivity index (χ3n) is 5.10. The molecule has 6 nitrogen and oxygen atoms in total. The summed E-state index contributed by atoms with van der Waals surface area (Å²) >= 11 is 1.54. The van der Waals surface area contributed by atoms with Gasteiger partial charge in [0.2, 0.25) is 5.95 Å². The molecule has 2 aromatic rings. The molecule has 0 saturated carbocycles. The lowest BCUT2D eigenvalue weighted by atomic mass is 10.1. The van der Waals surface area contributed by atoms with Gasteiger partial charge in [0, 0.05) is 45.5 Å². The van der Waals surface area contributed by atoms with Crippen molar-refractivity contribution in [2.24, 2.45) is 0 Å². The molecule has 2 aliphatic rings. The van der Waals surface area contributed by atoms with E-state index in [1.54, 1.807) is 0 Å². The van der Waals surface area contributed by atoms with E-state index in [4.69, 9.17) is 4.98 Å². The molecule has 2 saturated heterocycles. The predicted octanol–water partition coefficient (Wildman–Crippen LogP) is 2.80. The normalized spacial score (nSPS) is 18.3. The minimum Gasteiger partial charge on any atom is -0.353 e. The molecule has 0 radical (unpaired) electrons. The highest BCUT2D eigenvalue weighted by molar-refractivity contribution is 7.12. The van der Waals surface area contributed by atoms with Crippen molar-refractivity contribution < 1.29 is 4.79 Å². The summed E-state index contributed by atoms with van der Waals surface area (Å²) in [5, 5.41) is 2.03. The zero-order valence-electron chi connectivity index (χ0n) is 15.2. The molecule has 4 heterocycles. The first kappa shape index (κ1) is 17.3. The van der Waals surface area contributed by atoms with Gasteiger partial charge in [-0.1, -0.05) is 0 Å². The Kier molecular flexibility index (Phi) is 5.06. The molecule has 0 bridgehead atoms. The molecule has 0 atom stereocenters. The van der Waals surface area contributed by atoms with Gasteiger partial charge >= 0.3 is 0 Å².